The van der Waals surface area contributed by atoms with Gasteiger partial charge in [0, 0.05) is 12.0 Å². The highest BCUT2D eigenvalue weighted by atomic mass is 16.3. The first-order chi connectivity index (χ1) is 14.5. The Morgan fingerprint density at radius 1 is 1.16 bits per heavy atom. The Bertz CT molecular complexity index is 779. The van der Waals surface area contributed by atoms with Gasteiger partial charge < -0.3 is 10.2 Å². The molecule has 0 spiro atoms. The molecule has 0 aromatic rings. The summed E-state index contributed by atoms with van der Waals surface area (Å²) in [6, 6.07) is 0. The van der Waals surface area contributed by atoms with E-state index in [9.17, 15) is 15.0 Å². The average molecular weight is 429 g/mol. The number of allylic oxidation sites excluding steroid dienone is 2. The SMILES string of the molecule is C=C(CC[C@@H](C)[C@H]1CC[C@H]2C3=C([C@H](O)C[C@]12C)[C@@]1(C)CC[C@H](O)C[C@@H]1CC3=O)C(C)C. The molecule has 0 bridgehead atoms. The predicted molar refractivity (Wildman–Crippen MR) is 125 cm³/mol. The molecule has 174 valence electrons. The molecule has 0 radical (unpaired) electrons. The van der Waals surface area contributed by atoms with E-state index >= 15 is 0 Å². The maximum absolute atomic E-state index is 13.5. The van der Waals surface area contributed by atoms with E-state index in [4.69, 9.17) is 0 Å². The molecule has 4 aliphatic carbocycles. The lowest BCUT2D eigenvalue weighted by Gasteiger charge is -2.55. The molecule has 0 heterocycles. The highest BCUT2D eigenvalue weighted by Crippen LogP contribution is 2.65. The summed E-state index contributed by atoms with van der Waals surface area (Å²) in [6.45, 7) is 15.7. The van der Waals surface area contributed by atoms with Crippen LogP contribution in [-0.2, 0) is 4.79 Å². The lowest BCUT2D eigenvalue weighted by Crippen LogP contribution is -2.52. The Morgan fingerprint density at radius 2 is 1.87 bits per heavy atom. The molecule has 0 aromatic carbocycles. The molecular formula is C28H44O3. The Balaban J connectivity index is 1.63. The molecule has 8 atom stereocenters. The second-order valence-electron chi connectivity index (χ2n) is 12.3. The number of aliphatic hydroxyl groups is 2. The quantitative estimate of drug-likeness (QED) is 0.540. The molecule has 4 rings (SSSR count). The van der Waals surface area contributed by atoms with Crippen molar-refractivity contribution in [2.75, 3.05) is 0 Å². The second kappa shape index (κ2) is 8.13. The Morgan fingerprint density at radius 3 is 2.55 bits per heavy atom. The van der Waals surface area contributed by atoms with Gasteiger partial charge in [-0.05, 0) is 97.4 Å². The van der Waals surface area contributed by atoms with E-state index in [2.05, 4.69) is 41.2 Å². The topological polar surface area (TPSA) is 57.5 Å². The zero-order valence-corrected chi connectivity index (χ0v) is 20.4. The fourth-order valence-electron chi connectivity index (χ4n) is 8.16. The van der Waals surface area contributed by atoms with Gasteiger partial charge in [0.1, 0.15) is 0 Å². The summed E-state index contributed by atoms with van der Waals surface area (Å²) in [5.41, 5.74) is 3.30. The van der Waals surface area contributed by atoms with Gasteiger partial charge in [-0.15, -0.1) is 0 Å². The third kappa shape index (κ3) is 3.68. The van der Waals surface area contributed by atoms with Crippen molar-refractivity contribution >= 4 is 5.78 Å². The van der Waals surface area contributed by atoms with E-state index in [1.807, 2.05) is 0 Å². The van der Waals surface area contributed by atoms with Crippen molar-refractivity contribution in [3.05, 3.63) is 23.3 Å². The van der Waals surface area contributed by atoms with Crippen molar-refractivity contribution in [1.29, 1.82) is 0 Å². The van der Waals surface area contributed by atoms with Crippen molar-refractivity contribution in [1.82, 2.24) is 0 Å². The molecule has 3 heteroatoms. The molecule has 31 heavy (non-hydrogen) atoms. The third-order valence-corrected chi connectivity index (χ3v) is 10.2. The zero-order chi connectivity index (χ0) is 22.7. The van der Waals surface area contributed by atoms with Gasteiger partial charge in [0.25, 0.3) is 0 Å². The standard InChI is InChI=1S/C28H44O3/c1-16(2)17(3)7-8-18(4)21-9-10-22-25-23(30)14-19-13-20(29)11-12-27(19,5)26(25)24(31)15-28(21,22)6/h16,18-22,24,29,31H,3,7-15H2,1-2,4-6H3/t18-,19-,20+,21-,22+,24-,27+,28-/m1/s1. The molecule has 0 aliphatic heterocycles. The zero-order valence-electron chi connectivity index (χ0n) is 20.4. The van der Waals surface area contributed by atoms with Gasteiger partial charge in [-0.2, -0.15) is 0 Å². The van der Waals surface area contributed by atoms with Crippen molar-refractivity contribution in [2.24, 2.45) is 40.4 Å². The summed E-state index contributed by atoms with van der Waals surface area (Å²) in [4.78, 5) is 13.5. The maximum atomic E-state index is 13.5. The summed E-state index contributed by atoms with van der Waals surface area (Å²) in [6.07, 6.45) is 7.38. The van der Waals surface area contributed by atoms with Crippen LogP contribution in [0.4, 0.5) is 0 Å². The molecule has 0 unspecified atom stereocenters. The number of rotatable bonds is 5. The van der Waals surface area contributed by atoms with Crippen LogP contribution in [0.1, 0.15) is 92.4 Å². The predicted octanol–water partition coefficient (Wildman–Crippen LogP) is 5.85. The number of carbonyl (C=O) groups excluding carboxylic acids is 1. The molecule has 2 fully saturated rings. The van der Waals surface area contributed by atoms with E-state index < -0.39 is 6.10 Å². The van der Waals surface area contributed by atoms with Gasteiger partial charge in [0.15, 0.2) is 5.78 Å². The maximum Gasteiger partial charge on any atom is 0.159 e. The summed E-state index contributed by atoms with van der Waals surface area (Å²) in [5, 5.41) is 21.7. The highest BCUT2D eigenvalue weighted by Gasteiger charge is 2.60. The first kappa shape index (κ1) is 23.2. The fourth-order valence-corrected chi connectivity index (χ4v) is 8.16. The summed E-state index contributed by atoms with van der Waals surface area (Å²) in [5.74, 6) is 2.40. The summed E-state index contributed by atoms with van der Waals surface area (Å²) < 4.78 is 0. The van der Waals surface area contributed by atoms with Gasteiger partial charge in [0.05, 0.1) is 12.2 Å². The van der Waals surface area contributed by atoms with E-state index in [-0.39, 0.29) is 28.6 Å². The lowest BCUT2D eigenvalue weighted by atomic mass is 9.49. The van der Waals surface area contributed by atoms with Crippen molar-refractivity contribution in [3.8, 4) is 0 Å². The molecule has 2 N–H and O–H groups in total. The second-order valence-corrected chi connectivity index (χ2v) is 12.3. The van der Waals surface area contributed by atoms with Crippen LogP contribution in [-0.4, -0.2) is 28.2 Å². The van der Waals surface area contributed by atoms with Gasteiger partial charge in [-0.3, -0.25) is 4.79 Å². The van der Waals surface area contributed by atoms with Crippen molar-refractivity contribution in [3.63, 3.8) is 0 Å². The Labute approximate surface area is 189 Å². The number of fused-ring (bicyclic) bond motifs is 4. The number of hydrogen-bond acceptors (Lipinski definition) is 3. The summed E-state index contributed by atoms with van der Waals surface area (Å²) >= 11 is 0. The molecular weight excluding hydrogens is 384 g/mol. The van der Waals surface area contributed by atoms with Gasteiger partial charge >= 0.3 is 0 Å². The molecule has 0 aromatic heterocycles. The van der Waals surface area contributed by atoms with Crippen LogP contribution in [0.15, 0.2) is 23.3 Å². The minimum atomic E-state index is -0.512. The largest absolute Gasteiger partial charge is 0.393 e. The molecule has 4 aliphatic rings. The molecule has 0 saturated heterocycles. The monoisotopic (exact) mass is 428 g/mol. The first-order valence-corrected chi connectivity index (χ1v) is 12.8. The highest BCUT2D eigenvalue weighted by molar-refractivity contribution is 5.99. The van der Waals surface area contributed by atoms with Crippen LogP contribution in [0.3, 0.4) is 0 Å². The Hall–Kier alpha value is -0.930. The van der Waals surface area contributed by atoms with Gasteiger partial charge in [-0.25, -0.2) is 0 Å². The normalized spacial score (nSPS) is 43.5. The van der Waals surface area contributed by atoms with Crippen molar-refractivity contribution in [2.45, 2.75) is 105 Å². The fraction of sp³-hybridized carbons (Fsp3) is 0.821. The minimum Gasteiger partial charge on any atom is -0.393 e. The van der Waals surface area contributed by atoms with E-state index in [0.717, 1.165) is 56.1 Å². The summed E-state index contributed by atoms with van der Waals surface area (Å²) in [7, 11) is 0. The van der Waals surface area contributed by atoms with E-state index in [1.54, 1.807) is 0 Å². The van der Waals surface area contributed by atoms with Crippen LogP contribution in [0.5, 0.6) is 0 Å². The molecule has 3 nitrogen and oxygen atoms in total. The molecule has 0 amide bonds. The van der Waals surface area contributed by atoms with Crippen LogP contribution < -0.4 is 0 Å². The van der Waals surface area contributed by atoms with Crippen LogP contribution in [0.2, 0.25) is 0 Å². The molecule has 2 saturated carbocycles. The van der Waals surface area contributed by atoms with Crippen LogP contribution in [0.25, 0.3) is 0 Å². The first-order valence-electron chi connectivity index (χ1n) is 12.8. The lowest BCUT2D eigenvalue weighted by molar-refractivity contribution is -0.123. The number of Topliss-reactive ketones (excluding diaryl/α,β-unsaturated/α-hetero) is 1. The van der Waals surface area contributed by atoms with Crippen molar-refractivity contribution < 1.29 is 15.0 Å². The smallest absolute Gasteiger partial charge is 0.159 e. The third-order valence-electron chi connectivity index (χ3n) is 10.2. The van der Waals surface area contributed by atoms with Gasteiger partial charge in [0.2, 0.25) is 0 Å². The minimum absolute atomic E-state index is 0.00384. The van der Waals surface area contributed by atoms with Crippen LogP contribution in [0, 0.1) is 40.4 Å². The Kier molecular flexibility index (Phi) is 6.10. The number of ketones is 1. The number of hydrogen-bond donors (Lipinski definition) is 2. The van der Waals surface area contributed by atoms with Gasteiger partial charge in [-0.1, -0.05) is 46.8 Å². The van der Waals surface area contributed by atoms with E-state index in [1.165, 1.54) is 5.57 Å². The van der Waals surface area contributed by atoms with Crippen LogP contribution >= 0.6 is 0 Å². The van der Waals surface area contributed by atoms with E-state index in [0.29, 0.717) is 36.5 Å². The average Bonchev–Trinajstić information content (AvgIpc) is 3.03. The number of aliphatic hydroxyl groups excluding tert-OH is 2. The number of carbonyl (C=O) groups is 1.